The first-order valence-electron chi connectivity index (χ1n) is 10.4. The molecule has 160 valence electrons. The standard InChI is InChI=1S/C26H28N2O2S/c1-21(29)27-25(20-31-24-15-9-4-10-16-24)26(30)28(19-23-13-7-3-8-14-23)18-17-22-11-5-2-6-12-22/h2-16,25H,17-20H2,1H3,(H,27,29). The number of carbonyl (C=O) groups is 2. The number of amides is 2. The van der Waals surface area contributed by atoms with E-state index in [2.05, 4.69) is 17.4 Å². The van der Waals surface area contributed by atoms with E-state index in [-0.39, 0.29) is 11.8 Å². The second-order valence-electron chi connectivity index (χ2n) is 7.36. The Bertz CT molecular complexity index is 949. The number of hydrogen-bond donors (Lipinski definition) is 1. The van der Waals surface area contributed by atoms with E-state index in [1.165, 1.54) is 12.5 Å². The highest BCUT2D eigenvalue weighted by atomic mass is 32.2. The fourth-order valence-corrected chi connectivity index (χ4v) is 4.25. The summed E-state index contributed by atoms with van der Waals surface area (Å²) in [6.07, 6.45) is 0.762. The van der Waals surface area contributed by atoms with Crippen LogP contribution in [0.4, 0.5) is 0 Å². The molecule has 1 unspecified atom stereocenters. The third kappa shape index (κ3) is 7.61. The van der Waals surface area contributed by atoms with E-state index in [0.717, 1.165) is 16.9 Å². The van der Waals surface area contributed by atoms with Gasteiger partial charge in [0.1, 0.15) is 6.04 Å². The molecule has 3 aromatic carbocycles. The summed E-state index contributed by atoms with van der Waals surface area (Å²) < 4.78 is 0. The molecule has 0 saturated carbocycles. The van der Waals surface area contributed by atoms with E-state index in [9.17, 15) is 9.59 Å². The van der Waals surface area contributed by atoms with Crippen LogP contribution in [0.1, 0.15) is 18.1 Å². The smallest absolute Gasteiger partial charge is 0.246 e. The van der Waals surface area contributed by atoms with Crippen LogP contribution in [0.3, 0.4) is 0 Å². The van der Waals surface area contributed by atoms with Crippen molar-refractivity contribution < 1.29 is 9.59 Å². The van der Waals surface area contributed by atoms with Crippen LogP contribution < -0.4 is 5.32 Å². The lowest BCUT2D eigenvalue weighted by atomic mass is 10.1. The molecule has 4 nitrogen and oxygen atoms in total. The molecule has 0 aromatic heterocycles. The average molecular weight is 433 g/mol. The van der Waals surface area contributed by atoms with E-state index in [1.54, 1.807) is 11.8 Å². The maximum Gasteiger partial charge on any atom is 0.246 e. The lowest BCUT2D eigenvalue weighted by Gasteiger charge is -2.28. The third-order valence-corrected chi connectivity index (χ3v) is 5.98. The van der Waals surface area contributed by atoms with Gasteiger partial charge in [0.25, 0.3) is 0 Å². The molecule has 1 atom stereocenters. The van der Waals surface area contributed by atoms with Gasteiger partial charge in [0.05, 0.1) is 0 Å². The summed E-state index contributed by atoms with van der Waals surface area (Å²) >= 11 is 1.57. The molecule has 0 aliphatic heterocycles. The number of nitrogens with one attached hydrogen (secondary N) is 1. The van der Waals surface area contributed by atoms with Crippen LogP contribution in [0, 0.1) is 0 Å². The molecule has 0 radical (unpaired) electrons. The van der Waals surface area contributed by atoms with E-state index < -0.39 is 6.04 Å². The highest BCUT2D eigenvalue weighted by Gasteiger charge is 2.25. The predicted molar refractivity (Wildman–Crippen MR) is 127 cm³/mol. The lowest BCUT2D eigenvalue weighted by Crippen LogP contribution is -2.49. The maximum absolute atomic E-state index is 13.5. The monoisotopic (exact) mass is 432 g/mol. The number of benzene rings is 3. The van der Waals surface area contributed by atoms with Crippen LogP contribution in [-0.4, -0.2) is 35.1 Å². The largest absolute Gasteiger partial charge is 0.344 e. The summed E-state index contributed by atoms with van der Waals surface area (Å²) in [4.78, 5) is 28.3. The third-order valence-electron chi connectivity index (χ3n) is 4.88. The number of hydrogen-bond acceptors (Lipinski definition) is 3. The molecule has 0 aliphatic rings. The molecular formula is C26H28N2O2S. The number of carbonyl (C=O) groups excluding carboxylic acids is 2. The summed E-state index contributed by atoms with van der Waals surface area (Å²) in [5.74, 6) is 0.229. The zero-order chi connectivity index (χ0) is 21.9. The Balaban J connectivity index is 1.75. The first kappa shape index (κ1) is 22.6. The molecule has 0 spiro atoms. The number of rotatable bonds is 10. The first-order chi connectivity index (χ1) is 15.1. The molecular weight excluding hydrogens is 404 g/mol. The summed E-state index contributed by atoms with van der Waals surface area (Å²) in [5, 5.41) is 2.86. The topological polar surface area (TPSA) is 49.4 Å². The van der Waals surface area contributed by atoms with Crippen molar-refractivity contribution in [1.82, 2.24) is 10.2 Å². The Morgan fingerprint density at radius 3 is 1.97 bits per heavy atom. The zero-order valence-electron chi connectivity index (χ0n) is 17.7. The second kappa shape index (κ2) is 12.0. The van der Waals surface area contributed by atoms with Crippen molar-refractivity contribution in [2.24, 2.45) is 0 Å². The lowest BCUT2D eigenvalue weighted by molar-refractivity contribution is -0.136. The Morgan fingerprint density at radius 1 is 0.839 bits per heavy atom. The van der Waals surface area contributed by atoms with Gasteiger partial charge in [-0.15, -0.1) is 11.8 Å². The van der Waals surface area contributed by atoms with Gasteiger partial charge in [0.15, 0.2) is 0 Å². The summed E-state index contributed by atoms with van der Waals surface area (Å²) in [6, 6.07) is 29.5. The van der Waals surface area contributed by atoms with Crippen LogP contribution in [0.25, 0.3) is 0 Å². The first-order valence-corrected chi connectivity index (χ1v) is 11.4. The van der Waals surface area contributed by atoms with Gasteiger partial charge in [-0.1, -0.05) is 78.9 Å². The van der Waals surface area contributed by atoms with E-state index in [0.29, 0.717) is 18.8 Å². The summed E-state index contributed by atoms with van der Waals surface area (Å²) in [5.41, 5.74) is 2.25. The molecule has 3 aromatic rings. The minimum absolute atomic E-state index is 0.0570. The Labute approximate surface area is 188 Å². The molecule has 0 bridgehead atoms. The highest BCUT2D eigenvalue weighted by molar-refractivity contribution is 7.99. The van der Waals surface area contributed by atoms with E-state index in [4.69, 9.17) is 0 Å². The van der Waals surface area contributed by atoms with Crippen LogP contribution in [-0.2, 0) is 22.6 Å². The quantitative estimate of drug-likeness (QED) is 0.478. The van der Waals surface area contributed by atoms with Gasteiger partial charge in [-0.3, -0.25) is 9.59 Å². The van der Waals surface area contributed by atoms with Crippen molar-refractivity contribution in [3.8, 4) is 0 Å². The average Bonchev–Trinajstić information content (AvgIpc) is 2.80. The van der Waals surface area contributed by atoms with Gasteiger partial charge in [-0.25, -0.2) is 0 Å². The molecule has 5 heteroatoms. The van der Waals surface area contributed by atoms with Gasteiger partial charge in [-0.2, -0.15) is 0 Å². The van der Waals surface area contributed by atoms with Gasteiger partial charge in [0, 0.05) is 30.7 Å². The van der Waals surface area contributed by atoms with Crippen molar-refractivity contribution in [2.45, 2.75) is 30.8 Å². The summed E-state index contributed by atoms with van der Waals surface area (Å²) in [6.45, 7) is 2.56. The Kier molecular flexibility index (Phi) is 8.73. The van der Waals surface area contributed by atoms with Crippen LogP contribution >= 0.6 is 11.8 Å². The minimum Gasteiger partial charge on any atom is -0.344 e. The van der Waals surface area contributed by atoms with Crippen LogP contribution in [0.15, 0.2) is 95.9 Å². The van der Waals surface area contributed by atoms with E-state index in [1.807, 2.05) is 83.8 Å². The van der Waals surface area contributed by atoms with Crippen LogP contribution in [0.5, 0.6) is 0 Å². The Hall–Kier alpha value is -3.05. The molecule has 1 N–H and O–H groups in total. The van der Waals surface area contributed by atoms with Gasteiger partial charge >= 0.3 is 0 Å². The molecule has 3 rings (SSSR count). The van der Waals surface area contributed by atoms with Crippen molar-refractivity contribution in [3.05, 3.63) is 102 Å². The normalized spacial score (nSPS) is 11.5. The zero-order valence-corrected chi connectivity index (χ0v) is 18.6. The molecule has 31 heavy (non-hydrogen) atoms. The number of thioether (sulfide) groups is 1. The fraction of sp³-hybridized carbons (Fsp3) is 0.231. The highest BCUT2D eigenvalue weighted by Crippen LogP contribution is 2.19. The van der Waals surface area contributed by atoms with Gasteiger partial charge in [0.2, 0.25) is 11.8 Å². The van der Waals surface area contributed by atoms with Crippen molar-refractivity contribution in [2.75, 3.05) is 12.3 Å². The maximum atomic E-state index is 13.5. The second-order valence-corrected chi connectivity index (χ2v) is 8.45. The van der Waals surface area contributed by atoms with Crippen molar-refractivity contribution in [3.63, 3.8) is 0 Å². The summed E-state index contributed by atoms with van der Waals surface area (Å²) in [7, 11) is 0. The van der Waals surface area contributed by atoms with Gasteiger partial charge < -0.3 is 10.2 Å². The van der Waals surface area contributed by atoms with E-state index >= 15 is 0 Å². The SMILES string of the molecule is CC(=O)NC(CSc1ccccc1)C(=O)N(CCc1ccccc1)Cc1ccccc1. The minimum atomic E-state index is -0.581. The molecule has 0 fully saturated rings. The molecule has 0 saturated heterocycles. The number of nitrogens with zero attached hydrogens (tertiary/aromatic N) is 1. The fourth-order valence-electron chi connectivity index (χ4n) is 3.32. The van der Waals surface area contributed by atoms with Crippen molar-refractivity contribution >= 4 is 23.6 Å². The van der Waals surface area contributed by atoms with Gasteiger partial charge in [-0.05, 0) is 29.7 Å². The van der Waals surface area contributed by atoms with Crippen molar-refractivity contribution in [1.29, 1.82) is 0 Å². The molecule has 0 heterocycles. The molecule has 0 aliphatic carbocycles. The Morgan fingerprint density at radius 2 is 1.39 bits per heavy atom. The predicted octanol–water partition coefficient (Wildman–Crippen LogP) is 4.55. The van der Waals surface area contributed by atoms with Crippen LogP contribution in [0.2, 0.25) is 0 Å². The molecule has 2 amide bonds.